The van der Waals surface area contributed by atoms with E-state index in [0.29, 0.717) is 5.92 Å². The van der Waals surface area contributed by atoms with Gasteiger partial charge in [-0.1, -0.05) is 43.7 Å². The maximum Gasteiger partial charge on any atom is 0.0948 e. The van der Waals surface area contributed by atoms with Gasteiger partial charge >= 0.3 is 0 Å². The lowest BCUT2D eigenvalue weighted by Crippen LogP contribution is -2.22. The van der Waals surface area contributed by atoms with Crippen LogP contribution < -0.4 is 5.32 Å². The summed E-state index contributed by atoms with van der Waals surface area (Å²) in [6, 6.07) is 8.63. The number of rotatable bonds is 6. The Labute approximate surface area is 126 Å². The number of nitrogens with one attached hydrogen (secondary N) is 1. The maximum absolute atomic E-state index is 4.80. The fourth-order valence-corrected chi connectivity index (χ4v) is 3.08. The summed E-state index contributed by atoms with van der Waals surface area (Å²) in [5.41, 5.74) is 3.67. The first-order chi connectivity index (χ1) is 9.56. The Morgan fingerprint density at radius 2 is 1.85 bits per heavy atom. The Kier molecular flexibility index (Phi) is 5.32. The molecule has 1 aromatic heterocycles. The van der Waals surface area contributed by atoms with Crippen LogP contribution in [0.1, 0.15) is 29.3 Å². The van der Waals surface area contributed by atoms with Crippen LogP contribution in [0.25, 0.3) is 11.3 Å². The minimum atomic E-state index is 0.705. The Morgan fingerprint density at radius 3 is 2.50 bits per heavy atom. The Balaban J connectivity index is 2.00. The van der Waals surface area contributed by atoms with Gasteiger partial charge in [-0.15, -0.1) is 11.3 Å². The van der Waals surface area contributed by atoms with Crippen LogP contribution in [0.4, 0.5) is 0 Å². The first-order valence-corrected chi connectivity index (χ1v) is 8.12. The molecule has 1 N–H and O–H groups in total. The van der Waals surface area contributed by atoms with Gasteiger partial charge in [-0.25, -0.2) is 4.98 Å². The van der Waals surface area contributed by atoms with Crippen molar-refractivity contribution in [2.75, 3.05) is 13.1 Å². The van der Waals surface area contributed by atoms with E-state index in [1.54, 1.807) is 0 Å². The lowest BCUT2D eigenvalue weighted by Gasteiger charge is -2.05. The smallest absolute Gasteiger partial charge is 0.0948 e. The molecule has 0 aliphatic rings. The molecule has 0 amide bonds. The van der Waals surface area contributed by atoms with Crippen LogP contribution in [-0.2, 0) is 6.42 Å². The number of nitrogens with zero attached hydrogens (tertiary/aromatic N) is 1. The molecule has 3 heteroatoms. The van der Waals surface area contributed by atoms with Crippen molar-refractivity contribution in [3.8, 4) is 11.3 Å². The largest absolute Gasteiger partial charge is 0.316 e. The molecule has 0 atom stereocenters. The molecule has 0 bridgehead atoms. The van der Waals surface area contributed by atoms with Crippen molar-refractivity contribution < 1.29 is 0 Å². The summed E-state index contributed by atoms with van der Waals surface area (Å²) in [6.07, 6.45) is 1.02. The van der Waals surface area contributed by atoms with Crippen LogP contribution in [0.3, 0.4) is 0 Å². The molecule has 0 saturated heterocycles. The predicted molar refractivity (Wildman–Crippen MR) is 88.4 cm³/mol. The Hall–Kier alpha value is -1.19. The number of benzene rings is 1. The van der Waals surface area contributed by atoms with Crippen molar-refractivity contribution in [3.63, 3.8) is 0 Å². The fraction of sp³-hybridized carbons (Fsp3) is 0.471. The molecular weight excluding hydrogens is 264 g/mol. The Bertz CT molecular complexity index is 541. The van der Waals surface area contributed by atoms with Crippen molar-refractivity contribution in [1.82, 2.24) is 10.3 Å². The summed E-state index contributed by atoms with van der Waals surface area (Å²) in [6.45, 7) is 10.8. The molecule has 0 fully saturated rings. The zero-order valence-corrected chi connectivity index (χ0v) is 13.7. The van der Waals surface area contributed by atoms with E-state index in [1.165, 1.54) is 21.0 Å². The van der Waals surface area contributed by atoms with Crippen molar-refractivity contribution in [1.29, 1.82) is 0 Å². The van der Waals surface area contributed by atoms with Crippen molar-refractivity contribution >= 4 is 11.3 Å². The average Bonchev–Trinajstić information content (AvgIpc) is 2.77. The summed E-state index contributed by atoms with van der Waals surface area (Å²) in [5.74, 6) is 0.705. The molecular formula is C17H24N2S. The summed E-state index contributed by atoms with van der Waals surface area (Å²) in [4.78, 5) is 6.12. The van der Waals surface area contributed by atoms with Crippen LogP contribution in [0.5, 0.6) is 0 Å². The molecule has 2 rings (SSSR count). The standard InChI is InChI=1S/C17H24N2S/c1-12(2)11-18-10-9-16-19-17(14(4)20-16)15-7-5-13(3)6-8-15/h5-8,12,18H,9-11H2,1-4H3. The molecule has 20 heavy (non-hydrogen) atoms. The molecule has 1 aromatic carbocycles. The van der Waals surface area contributed by atoms with Gasteiger partial charge in [-0.05, 0) is 26.3 Å². The summed E-state index contributed by atoms with van der Waals surface area (Å²) in [5, 5.41) is 4.71. The van der Waals surface area contributed by atoms with Gasteiger partial charge in [-0.2, -0.15) is 0 Å². The van der Waals surface area contributed by atoms with E-state index in [-0.39, 0.29) is 0 Å². The third kappa shape index (κ3) is 4.15. The number of aryl methyl sites for hydroxylation is 2. The van der Waals surface area contributed by atoms with Crippen LogP contribution >= 0.6 is 11.3 Å². The Morgan fingerprint density at radius 1 is 1.15 bits per heavy atom. The molecule has 1 heterocycles. The molecule has 2 aromatic rings. The zero-order valence-electron chi connectivity index (χ0n) is 12.9. The van der Waals surface area contributed by atoms with E-state index >= 15 is 0 Å². The van der Waals surface area contributed by atoms with Gasteiger partial charge in [0.05, 0.1) is 10.7 Å². The van der Waals surface area contributed by atoms with Crippen LogP contribution in [-0.4, -0.2) is 18.1 Å². The molecule has 0 saturated carbocycles. The summed E-state index contributed by atoms with van der Waals surface area (Å²) in [7, 11) is 0. The molecule has 0 spiro atoms. The zero-order chi connectivity index (χ0) is 14.5. The van der Waals surface area contributed by atoms with Crippen molar-refractivity contribution in [3.05, 3.63) is 39.7 Å². The highest BCUT2D eigenvalue weighted by Gasteiger charge is 2.09. The predicted octanol–water partition coefficient (Wildman–Crippen LogP) is 4.22. The highest BCUT2D eigenvalue weighted by molar-refractivity contribution is 7.12. The van der Waals surface area contributed by atoms with Gasteiger partial charge < -0.3 is 5.32 Å². The second kappa shape index (κ2) is 7.00. The summed E-state index contributed by atoms with van der Waals surface area (Å²) < 4.78 is 0. The third-order valence-corrected chi connectivity index (χ3v) is 4.26. The lowest BCUT2D eigenvalue weighted by molar-refractivity contribution is 0.554. The molecule has 0 unspecified atom stereocenters. The minimum Gasteiger partial charge on any atom is -0.316 e. The monoisotopic (exact) mass is 288 g/mol. The van der Waals surface area contributed by atoms with Crippen LogP contribution in [0, 0.1) is 19.8 Å². The van der Waals surface area contributed by atoms with E-state index < -0.39 is 0 Å². The van der Waals surface area contributed by atoms with Gasteiger partial charge in [0.15, 0.2) is 0 Å². The number of thiazole rings is 1. The fourth-order valence-electron chi connectivity index (χ4n) is 2.12. The molecule has 0 aliphatic heterocycles. The molecule has 0 radical (unpaired) electrons. The third-order valence-electron chi connectivity index (χ3n) is 3.23. The number of hydrogen-bond acceptors (Lipinski definition) is 3. The van der Waals surface area contributed by atoms with Crippen molar-refractivity contribution in [2.45, 2.75) is 34.1 Å². The summed E-state index contributed by atoms with van der Waals surface area (Å²) >= 11 is 1.82. The lowest BCUT2D eigenvalue weighted by atomic mass is 10.1. The number of aromatic nitrogens is 1. The topological polar surface area (TPSA) is 24.9 Å². The van der Waals surface area contributed by atoms with E-state index in [4.69, 9.17) is 4.98 Å². The average molecular weight is 288 g/mol. The van der Waals surface area contributed by atoms with Crippen LogP contribution in [0.2, 0.25) is 0 Å². The van der Waals surface area contributed by atoms with Crippen LogP contribution in [0.15, 0.2) is 24.3 Å². The van der Waals surface area contributed by atoms with E-state index in [9.17, 15) is 0 Å². The van der Waals surface area contributed by atoms with E-state index in [1.807, 2.05) is 11.3 Å². The highest BCUT2D eigenvalue weighted by atomic mass is 32.1. The van der Waals surface area contributed by atoms with Gasteiger partial charge in [0, 0.05) is 23.4 Å². The van der Waals surface area contributed by atoms with Gasteiger partial charge in [0.2, 0.25) is 0 Å². The SMILES string of the molecule is Cc1ccc(-c2nc(CCNCC(C)C)sc2C)cc1. The van der Waals surface area contributed by atoms with Gasteiger partial charge in [0.1, 0.15) is 0 Å². The van der Waals surface area contributed by atoms with E-state index in [0.717, 1.165) is 25.2 Å². The molecule has 0 aliphatic carbocycles. The quantitative estimate of drug-likeness (QED) is 0.805. The minimum absolute atomic E-state index is 0.705. The second-order valence-corrected chi connectivity index (χ2v) is 7.01. The van der Waals surface area contributed by atoms with Gasteiger partial charge in [0.25, 0.3) is 0 Å². The van der Waals surface area contributed by atoms with E-state index in [2.05, 4.69) is 57.3 Å². The van der Waals surface area contributed by atoms with Crippen molar-refractivity contribution in [2.24, 2.45) is 5.92 Å². The second-order valence-electron chi connectivity index (χ2n) is 5.73. The first kappa shape index (κ1) is 15.2. The first-order valence-electron chi connectivity index (χ1n) is 7.30. The molecule has 2 nitrogen and oxygen atoms in total. The van der Waals surface area contributed by atoms with Gasteiger partial charge in [-0.3, -0.25) is 0 Å². The maximum atomic E-state index is 4.80. The normalized spacial score (nSPS) is 11.2. The molecule has 108 valence electrons. The highest BCUT2D eigenvalue weighted by Crippen LogP contribution is 2.27. The number of hydrogen-bond donors (Lipinski definition) is 1.